The highest BCUT2D eigenvalue weighted by Gasteiger charge is 2.18. The van der Waals surface area contributed by atoms with E-state index < -0.39 is 11.6 Å². The maximum Gasteiger partial charge on any atom is 0.233 e. The van der Waals surface area contributed by atoms with Crippen molar-refractivity contribution in [1.82, 2.24) is 0 Å². The summed E-state index contributed by atoms with van der Waals surface area (Å²) < 4.78 is 0.856. The maximum absolute atomic E-state index is 12.0. The molecule has 4 heteroatoms. The number of rotatable bonds is 3. The Bertz CT molecular complexity index is 605. The number of carbonyl (C=O) groups excluding carboxylic acids is 2. The smallest absolute Gasteiger partial charge is 0.233 e. The second kappa shape index (κ2) is 5.46. The normalized spacial score (nSPS) is 10.1. The van der Waals surface area contributed by atoms with Gasteiger partial charge in [0, 0.05) is 20.6 Å². The fourth-order valence-electron chi connectivity index (χ4n) is 1.49. The van der Waals surface area contributed by atoms with Crippen LogP contribution in [0, 0.1) is 0 Å². The summed E-state index contributed by atoms with van der Waals surface area (Å²) in [5.41, 5.74) is 0.665. The Morgan fingerprint density at radius 2 is 1.50 bits per heavy atom. The van der Waals surface area contributed by atoms with Gasteiger partial charge in [0.2, 0.25) is 11.6 Å². The van der Waals surface area contributed by atoms with Crippen molar-refractivity contribution in [3.8, 4) is 0 Å². The van der Waals surface area contributed by atoms with Crippen LogP contribution in [0.15, 0.2) is 53.0 Å². The summed E-state index contributed by atoms with van der Waals surface area (Å²) in [4.78, 5) is 23.9. The molecule has 0 bridgehead atoms. The summed E-state index contributed by atoms with van der Waals surface area (Å²) in [5, 5.41) is 0.435. The minimum Gasteiger partial charge on any atom is -0.285 e. The van der Waals surface area contributed by atoms with Gasteiger partial charge in [-0.15, -0.1) is 0 Å². The van der Waals surface area contributed by atoms with E-state index in [2.05, 4.69) is 15.9 Å². The van der Waals surface area contributed by atoms with Crippen molar-refractivity contribution in [1.29, 1.82) is 0 Å². The van der Waals surface area contributed by atoms with E-state index >= 15 is 0 Å². The molecule has 0 atom stereocenters. The van der Waals surface area contributed by atoms with E-state index in [9.17, 15) is 9.59 Å². The standard InChI is InChI=1S/C14H8BrClO2/c15-11-6-4-9(5-7-11)13(17)14(18)10-2-1-3-12(16)8-10/h1-8H. The highest BCUT2D eigenvalue weighted by atomic mass is 79.9. The summed E-state index contributed by atoms with van der Waals surface area (Å²) >= 11 is 9.06. The number of benzene rings is 2. The molecule has 0 heterocycles. The Hall–Kier alpha value is -1.45. The van der Waals surface area contributed by atoms with Crippen molar-refractivity contribution < 1.29 is 9.59 Å². The van der Waals surface area contributed by atoms with E-state index in [0.717, 1.165) is 4.47 Å². The largest absolute Gasteiger partial charge is 0.285 e. The van der Waals surface area contributed by atoms with Crippen LogP contribution in [0.2, 0.25) is 5.02 Å². The van der Waals surface area contributed by atoms with E-state index in [1.807, 2.05) is 0 Å². The third-order valence-corrected chi connectivity index (χ3v) is 3.16. The molecule has 0 N–H and O–H groups in total. The molecule has 0 saturated carbocycles. The molecule has 0 aliphatic rings. The molecule has 0 saturated heterocycles. The molecule has 0 unspecified atom stereocenters. The van der Waals surface area contributed by atoms with Crippen LogP contribution in [0.25, 0.3) is 0 Å². The number of hydrogen-bond acceptors (Lipinski definition) is 2. The molecule has 18 heavy (non-hydrogen) atoms. The summed E-state index contributed by atoms with van der Waals surface area (Å²) in [5.74, 6) is -1.09. The lowest BCUT2D eigenvalue weighted by Crippen LogP contribution is -2.14. The van der Waals surface area contributed by atoms with Gasteiger partial charge in [-0.1, -0.05) is 39.7 Å². The highest BCUT2D eigenvalue weighted by molar-refractivity contribution is 9.10. The Morgan fingerprint density at radius 1 is 0.889 bits per heavy atom. The molecule has 0 aromatic heterocycles. The van der Waals surface area contributed by atoms with Gasteiger partial charge in [0.25, 0.3) is 0 Å². The molecular formula is C14H8BrClO2. The molecule has 0 amide bonds. The van der Waals surface area contributed by atoms with Gasteiger partial charge in [-0.2, -0.15) is 0 Å². The van der Waals surface area contributed by atoms with Crippen molar-refractivity contribution in [3.63, 3.8) is 0 Å². The van der Waals surface area contributed by atoms with Crippen LogP contribution in [0.1, 0.15) is 20.7 Å². The SMILES string of the molecule is O=C(C(=O)c1cccc(Cl)c1)c1ccc(Br)cc1. The topological polar surface area (TPSA) is 34.1 Å². The van der Waals surface area contributed by atoms with Crippen LogP contribution in [-0.4, -0.2) is 11.6 Å². The van der Waals surface area contributed by atoms with Gasteiger partial charge < -0.3 is 0 Å². The summed E-state index contributed by atoms with van der Waals surface area (Å²) in [6.07, 6.45) is 0. The zero-order chi connectivity index (χ0) is 13.1. The van der Waals surface area contributed by atoms with E-state index in [4.69, 9.17) is 11.6 Å². The first-order valence-corrected chi connectivity index (χ1v) is 6.35. The van der Waals surface area contributed by atoms with Crippen molar-refractivity contribution in [2.45, 2.75) is 0 Å². The molecule has 2 nitrogen and oxygen atoms in total. The van der Waals surface area contributed by atoms with Gasteiger partial charge >= 0.3 is 0 Å². The number of hydrogen-bond donors (Lipinski definition) is 0. The van der Waals surface area contributed by atoms with Crippen LogP contribution >= 0.6 is 27.5 Å². The first kappa shape index (κ1) is 13.0. The average molecular weight is 324 g/mol. The van der Waals surface area contributed by atoms with E-state index in [1.54, 1.807) is 42.5 Å². The number of halogens is 2. The van der Waals surface area contributed by atoms with Gasteiger partial charge in [0.05, 0.1) is 0 Å². The molecule has 0 radical (unpaired) electrons. The molecule has 90 valence electrons. The molecule has 0 spiro atoms. The molecule has 2 aromatic carbocycles. The van der Waals surface area contributed by atoms with Crippen LogP contribution in [0.4, 0.5) is 0 Å². The van der Waals surface area contributed by atoms with Crippen LogP contribution in [-0.2, 0) is 0 Å². The molecule has 0 fully saturated rings. The fourth-order valence-corrected chi connectivity index (χ4v) is 1.95. The van der Waals surface area contributed by atoms with Crippen molar-refractivity contribution in [2.75, 3.05) is 0 Å². The second-order valence-electron chi connectivity index (χ2n) is 3.68. The lowest BCUT2D eigenvalue weighted by atomic mass is 10.0. The zero-order valence-corrected chi connectivity index (χ0v) is 11.5. The van der Waals surface area contributed by atoms with Gasteiger partial charge in [0.1, 0.15) is 0 Å². The summed E-state index contributed by atoms with van der Waals surface area (Å²) in [6, 6.07) is 13.0. The quantitative estimate of drug-likeness (QED) is 0.627. The lowest BCUT2D eigenvalue weighted by Gasteiger charge is -2.01. The Balaban J connectivity index is 2.29. The molecular weight excluding hydrogens is 316 g/mol. The van der Waals surface area contributed by atoms with Gasteiger partial charge in [0.15, 0.2) is 0 Å². The summed E-state index contributed by atoms with van der Waals surface area (Å²) in [7, 11) is 0. The van der Waals surface area contributed by atoms with Crippen LogP contribution in [0.5, 0.6) is 0 Å². The minimum atomic E-state index is -0.556. The molecule has 0 aliphatic carbocycles. The predicted molar refractivity (Wildman–Crippen MR) is 74.3 cm³/mol. The van der Waals surface area contributed by atoms with Crippen molar-refractivity contribution >= 4 is 39.1 Å². The lowest BCUT2D eigenvalue weighted by molar-refractivity contribution is 0.0817. The molecule has 2 rings (SSSR count). The molecule has 0 aliphatic heterocycles. The van der Waals surface area contributed by atoms with Crippen molar-refractivity contribution in [2.24, 2.45) is 0 Å². The number of carbonyl (C=O) groups is 2. The fraction of sp³-hybridized carbons (Fsp3) is 0. The maximum atomic E-state index is 12.0. The summed E-state index contributed by atoms with van der Waals surface area (Å²) in [6.45, 7) is 0. The number of Topliss-reactive ketones (excluding diaryl/α,β-unsaturated/α-hetero) is 2. The van der Waals surface area contributed by atoms with Crippen LogP contribution in [0.3, 0.4) is 0 Å². The first-order valence-electron chi connectivity index (χ1n) is 5.18. The zero-order valence-electron chi connectivity index (χ0n) is 9.19. The van der Waals surface area contributed by atoms with Crippen LogP contribution < -0.4 is 0 Å². The minimum absolute atomic E-state index is 0.301. The second-order valence-corrected chi connectivity index (χ2v) is 5.03. The average Bonchev–Trinajstić information content (AvgIpc) is 2.38. The third kappa shape index (κ3) is 2.86. The van der Waals surface area contributed by atoms with Gasteiger partial charge in [-0.3, -0.25) is 9.59 Å². The Morgan fingerprint density at radius 3 is 2.11 bits per heavy atom. The third-order valence-electron chi connectivity index (χ3n) is 2.40. The van der Waals surface area contributed by atoms with Crippen molar-refractivity contribution in [3.05, 3.63) is 69.2 Å². The first-order chi connectivity index (χ1) is 8.58. The van der Waals surface area contributed by atoms with Gasteiger partial charge in [-0.05, 0) is 36.4 Å². The molecule has 2 aromatic rings. The van der Waals surface area contributed by atoms with E-state index in [-0.39, 0.29) is 0 Å². The van der Waals surface area contributed by atoms with E-state index in [1.165, 1.54) is 6.07 Å². The monoisotopic (exact) mass is 322 g/mol. The highest BCUT2D eigenvalue weighted by Crippen LogP contribution is 2.15. The number of ketones is 2. The Labute approximate surface area is 118 Å². The van der Waals surface area contributed by atoms with Gasteiger partial charge in [-0.25, -0.2) is 0 Å². The van der Waals surface area contributed by atoms with E-state index in [0.29, 0.717) is 16.1 Å². The Kier molecular flexibility index (Phi) is 3.94. The predicted octanol–water partition coefficient (Wildman–Crippen LogP) is 4.17.